The van der Waals surface area contributed by atoms with Gasteiger partial charge in [-0.3, -0.25) is 43.9 Å². The summed E-state index contributed by atoms with van der Waals surface area (Å²) in [5, 5.41) is 11.2. The number of amides is 6. The molecule has 0 radical (unpaired) electrons. The molecule has 1 saturated carbocycles. The van der Waals surface area contributed by atoms with E-state index in [0.717, 1.165) is 34.3 Å². The van der Waals surface area contributed by atoms with Crippen LogP contribution >= 0.6 is 0 Å². The smallest absolute Gasteiger partial charge is 0.342 e. The molecule has 69 heavy (non-hydrogen) atoms. The number of aromatic nitrogens is 2. The molecule has 4 aromatic rings. The van der Waals surface area contributed by atoms with Crippen molar-refractivity contribution in [3.63, 3.8) is 0 Å². The summed E-state index contributed by atoms with van der Waals surface area (Å²) < 4.78 is 57.3. The lowest BCUT2D eigenvalue weighted by Crippen LogP contribution is -2.54. The summed E-state index contributed by atoms with van der Waals surface area (Å²) in [6.07, 6.45) is 5.75. The van der Waals surface area contributed by atoms with Crippen molar-refractivity contribution in [2.75, 3.05) is 67.4 Å². The van der Waals surface area contributed by atoms with Crippen LogP contribution in [0, 0.1) is 5.82 Å². The van der Waals surface area contributed by atoms with Crippen molar-refractivity contribution in [2.24, 2.45) is 0 Å². The zero-order valence-electron chi connectivity index (χ0n) is 38.0. The van der Waals surface area contributed by atoms with E-state index in [1.807, 2.05) is 24.3 Å². The second kappa shape index (κ2) is 19.4. The number of imide groups is 2. The van der Waals surface area contributed by atoms with Crippen LogP contribution in [0.4, 0.5) is 42.0 Å². The first-order valence-electron chi connectivity index (χ1n) is 23.0. The number of alkyl halides is 2. The highest BCUT2D eigenvalue weighted by Gasteiger charge is 2.49. The van der Waals surface area contributed by atoms with E-state index in [2.05, 4.69) is 36.1 Å². The lowest BCUT2D eigenvalue weighted by Gasteiger charge is -2.32. The van der Waals surface area contributed by atoms with Gasteiger partial charge in [0.15, 0.2) is 5.82 Å². The lowest BCUT2D eigenvalue weighted by molar-refractivity contribution is -0.140. The summed E-state index contributed by atoms with van der Waals surface area (Å²) in [5.41, 5.74) is 1.88. The van der Waals surface area contributed by atoms with Gasteiger partial charge in [0.25, 0.3) is 23.6 Å². The quantitative estimate of drug-likeness (QED) is 0.0969. The van der Waals surface area contributed by atoms with Gasteiger partial charge in [-0.2, -0.15) is 13.8 Å². The van der Waals surface area contributed by atoms with Crippen LogP contribution in [0.15, 0.2) is 60.8 Å². The van der Waals surface area contributed by atoms with E-state index in [1.165, 1.54) is 37.4 Å². The molecule has 1 atom stereocenters. The molecule has 362 valence electrons. The second-order valence-corrected chi connectivity index (χ2v) is 17.8. The number of methoxy groups -OCH3 is 1. The zero-order valence-corrected chi connectivity index (χ0v) is 38.0. The van der Waals surface area contributed by atoms with Gasteiger partial charge in [0.05, 0.1) is 42.2 Å². The molecular weight excluding hydrogens is 902 g/mol. The number of piperidine rings is 2. The van der Waals surface area contributed by atoms with Gasteiger partial charge in [-0.25, -0.2) is 9.37 Å². The molecular formula is C48H51F3N10O8. The van der Waals surface area contributed by atoms with Crippen molar-refractivity contribution in [3.05, 3.63) is 88.9 Å². The minimum absolute atomic E-state index is 0.0325. The van der Waals surface area contributed by atoms with Crippen molar-refractivity contribution in [2.45, 2.75) is 82.0 Å². The van der Waals surface area contributed by atoms with Gasteiger partial charge in [0, 0.05) is 63.5 Å². The Morgan fingerprint density at radius 1 is 0.942 bits per heavy atom. The first-order chi connectivity index (χ1) is 33.2. The van der Waals surface area contributed by atoms with E-state index in [0.29, 0.717) is 63.3 Å². The molecule has 3 aromatic carbocycles. The number of carbonyl (C=O) groups is 6. The Balaban J connectivity index is 0.745. The third-order valence-electron chi connectivity index (χ3n) is 13.3. The Bertz CT molecular complexity index is 2690. The summed E-state index contributed by atoms with van der Waals surface area (Å²) in [5.74, 6) is -7.80. The molecule has 3 fully saturated rings. The number of halogens is 3. The number of hydrogen-bond donors (Lipinski definition) is 4. The molecule has 0 bridgehead atoms. The van der Waals surface area contributed by atoms with Crippen molar-refractivity contribution in [1.29, 1.82) is 0 Å². The Morgan fingerprint density at radius 2 is 1.70 bits per heavy atom. The number of carbonyl (C=O) groups excluding carboxylic acids is 6. The summed E-state index contributed by atoms with van der Waals surface area (Å²) in [4.78, 5) is 91.0. The van der Waals surface area contributed by atoms with E-state index in [1.54, 1.807) is 12.1 Å². The highest BCUT2D eigenvalue weighted by Crippen LogP contribution is 2.40. The van der Waals surface area contributed by atoms with E-state index >= 15 is 13.2 Å². The van der Waals surface area contributed by atoms with Gasteiger partial charge in [0.1, 0.15) is 35.7 Å². The van der Waals surface area contributed by atoms with Crippen LogP contribution in [0.3, 0.4) is 0 Å². The maximum absolute atomic E-state index is 15.7. The summed E-state index contributed by atoms with van der Waals surface area (Å²) in [6.45, 7) is 1.78. The number of rotatable bonds is 14. The number of benzene rings is 3. The highest BCUT2D eigenvalue weighted by atomic mass is 19.3. The molecule has 5 aliphatic rings. The maximum atomic E-state index is 15.7. The van der Waals surface area contributed by atoms with Crippen LogP contribution in [-0.2, 0) is 20.9 Å². The number of nitrogens with one attached hydrogen (secondary N) is 4. The first-order valence-corrected chi connectivity index (χ1v) is 23.0. The highest BCUT2D eigenvalue weighted by molar-refractivity contribution is 6.25. The third kappa shape index (κ3) is 9.59. The molecule has 0 spiro atoms. The van der Waals surface area contributed by atoms with Gasteiger partial charge in [-0.05, 0) is 68.0 Å². The van der Waals surface area contributed by atoms with Gasteiger partial charge < -0.3 is 35.2 Å². The SMILES string of the molecule is COc1cc(C(=O)NC2CCN(Cc3ccc(OCCNc4cccc5c4C(=O)N(C4CCC(=O)NC4=O)C5=O)cc3)CC2)c(F)cc1Nc1ncc2c(n1)N(C1CCCC1)CC(F)(F)C(=O)N2C. The Hall–Kier alpha value is -7.29. The largest absolute Gasteiger partial charge is 0.495 e. The molecule has 1 aromatic heterocycles. The van der Waals surface area contributed by atoms with E-state index in [9.17, 15) is 28.8 Å². The van der Waals surface area contributed by atoms with E-state index < -0.39 is 59.8 Å². The lowest BCUT2D eigenvalue weighted by atomic mass is 10.0. The molecule has 1 aliphatic carbocycles. The van der Waals surface area contributed by atoms with Crippen molar-refractivity contribution in [3.8, 4) is 11.5 Å². The monoisotopic (exact) mass is 952 g/mol. The molecule has 9 rings (SSSR count). The fraction of sp³-hybridized carbons (Fsp3) is 0.417. The summed E-state index contributed by atoms with van der Waals surface area (Å²) in [6, 6.07) is 13.4. The number of anilines is 5. The van der Waals surface area contributed by atoms with Crippen LogP contribution in [0.25, 0.3) is 0 Å². The zero-order chi connectivity index (χ0) is 48.6. The fourth-order valence-corrected chi connectivity index (χ4v) is 9.68. The Labute approximate surface area is 394 Å². The van der Waals surface area contributed by atoms with Crippen LogP contribution in [-0.4, -0.2) is 126 Å². The average Bonchev–Trinajstić information content (AvgIpc) is 3.95. The average molecular weight is 953 g/mol. The van der Waals surface area contributed by atoms with Crippen LogP contribution in [0.1, 0.15) is 88.0 Å². The standard InChI is InChI=1S/C48H51F3N10O8/c1-58-37-24-53-47(57-41(37)60(29-6-3-4-7-29)26-48(50,51)46(58)67)55-35-23-33(49)32(22-38(35)68-2)42(63)54-28-16-19-59(20-17-28)25-27-10-12-30(13-11-27)69-21-18-52-34-9-5-8-31-40(34)45(66)61(44(31)65)36-14-15-39(62)56-43(36)64/h5,8-13,22-24,28-29,36,52H,3-4,6-7,14-21,25-26H2,1-2H3,(H,54,63)(H,53,55,57)(H,56,62,64). The molecule has 18 nitrogen and oxygen atoms in total. The van der Waals surface area contributed by atoms with Gasteiger partial charge in [-0.15, -0.1) is 0 Å². The normalized spacial score (nSPS) is 19.8. The van der Waals surface area contributed by atoms with Crippen molar-refractivity contribution < 1.29 is 51.4 Å². The maximum Gasteiger partial charge on any atom is 0.342 e. The fourth-order valence-electron chi connectivity index (χ4n) is 9.68. The Morgan fingerprint density at radius 3 is 2.42 bits per heavy atom. The number of fused-ring (bicyclic) bond motifs is 2. The van der Waals surface area contributed by atoms with Gasteiger partial charge in [0.2, 0.25) is 17.8 Å². The number of nitrogens with zero attached hydrogens (tertiary/aromatic N) is 6. The van der Waals surface area contributed by atoms with Gasteiger partial charge >= 0.3 is 5.92 Å². The molecule has 4 aliphatic heterocycles. The minimum atomic E-state index is -3.64. The minimum Gasteiger partial charge on any atom is -0.495 e. The number of hydrogen-bond acceptors (Lipinski definition) is 14. The van der Waals surface area contributed by atoms with Gasteiger partial charge in [-0.1, -0.05) is 31.0 Å². The predicted molar refractivity (Wildman–Crippen MR) is 246 cm³/mol. The molecule has 4 N–H and O–H groups in total. The van der Waals surface area contributed by atoms with E-state index in [4.69, 9.17) is 9.47 Å². The van der Waals surface area contributed by atoms with Crippen molar-refractivity contribution in [1.82, 2.24) is 30.4 Å². The van der Waals surface area contributed by atoms with Crippen LogP contribution in [0.5, 0.6) is 11.5 Å². The second-order valence-electron chi connectivity index (χ2n) is 17.8. The molecule has 2 saturated heterocycles. The summed E-state index contributed by atoms with van der Waals surface area (Å²) in [7, 11) is 2.63. The van der Waals surface area contributed by atoms with Crippen LogP contribution < -0.4 is 40.5 Å². The van der Waals surface area contributed by atoms with Crippen LogP contribution in [0.2, 0.25) is 0 Å². The predicted octanol–water partition coefficient (Wildman–Crippen LogP) is 5.02. The first kappa shape index (κ1) is 46.8. The third-order valence-corrected chi connectivity index (χ3v) is 13.3. The Kier molecular flexibility index (Phi) is 13.1. The summed E-state index contributed by atoms with van der Waals surface area (Å²) >= 11 is 0. The number of likely N-dealkylation sites (tertiary alicyclic amines) is 1. The molecule has 6 amide bonds. The van der Waals surface area contributed by atoms with Crippen molar-refractivity contribution >= 4 is 64.3 Å². The van der Waals surface area contributed by atoms with E-state index in [-0.39, 0.29) is 77.1 Å². The molecule has 1 unspecified atom stereocenters. The molecule has 21 heteroatoms. The topological polar surface area (TPSA) is 208 Å². The molecule has 5 heterocycles. The number of ether oxygens (including phenoxy) is 2.